The molecule has 2 amide bonds. The fraction of sp³-hybridized carbons (Fsp3) is 0.857. The molecule has 0 bridgehead atoms. The zero-order chi connectivity index (χ0) is 14.5. The molecule has 0 spiro atoms. The van der Waals surface area contributed by atoms with Gasteiger partial charge in [-0.25, -0.2) is 0 Å². The van der Waals surface area contributed by atoms with Crippen LogP contribution in [0.3, 0.4) is 0 Å². The maximum absolute atomic E-state index is 12.2. The number of nitrogens with one attached hydrogen (secondary N) is 2. The van der Waals surface area contributed by atoms with Gasteiger partial charge in [0.05, 0.1) is 12.6 Å². The first-order valence-electron chi connectivity index (χ1n) is 7.16. The van der Waals surface area contributed by atoms with Crippen LogP contribution in [-0.4, -0.2) is 47.9 Å². The van der Waals surface area contributed by atoms with Crippen LogP contribution in [0.1, 0.15) is 47.0 Å². The number of hydrogen-bond donors (Lipinski definition) is 2. The van der Waals surface area contributed by atoms with Gasteiger partial charge in [-0.1, -0.05) is 6.92 Å². The molecule has 2 N–H and O–H groups in total. The highest BCUT2D eigenvalue weighted by molar-refractivity contribution is 5.88. The number of carbonyl (C=O) groups is 2. The summed E-state index contributed by atoms with van der Waals surface area (Å²) >= 11 is 0. The van der Waals surface area contributed by atoms with E-state index in [1.54, 1.807) is 4.90 Å². The van der Waals surface area contributed by atoms with Crippen LogP contribution in [0.25, 0.3) is 0 Å². The van der Waals surface area contributed by atoms with Gasteiger partial charge in [0.2, 0.25) is 11.8 Å². The summed E-state index contributed by atoms with van der Waals surface area (Å²) in [6, 6.07) is -0.115. The molecule has 0 aromatic heterocycles. The molecular formula is C14H27N3O2. The van der Waals surface area contributed by atoms with E-state index in [4.69, 9.17) is 0 Å². The largest absolute Gasteiger partial charge is 0.350 e. The van der Waals surface area contributed by atoms with Crippen LogP contribution >= 0.6 is 0 Å². The highest BCUT2D eigenvalue weighted by atomic mass is 16.2. The maximum Gasteiger partial charge on any atom is 0.240 e. The molecule has 1 rings (SSSR count). The van der Waals surface area contributed by atoms with E-state index in [1.165, 1.54) is 0 Å². The van der Waals surface area contributed by atoms with Crippen molar-refractivity contribution < 1.29 is 9.59 Å². The van der Waals surface area contributed by atoms with Crippen molar-refractivity contribution in [3.05, 3.63) is 0 Å². The second kappa shape index (κ2) is 6.89. The van der Waals surface area contributed by atoms with E-state index in [1.807, 2.05) is 20.8 Å². The molecule has 1 saturated heterocycles. The van der Waals surface area contributed by atoms with Crippen molar-refractivity contribution in [2.45, 2.75) is 58.5 Å². The lowest BCUT2D eigenvalue weighted by Gasteiger charge is -2.33. The number of piperidine rings is 1. The zero-order valence-electron chi connectivity index (χ0n) is 12.6. The summed E-state index contributed by atoms with van der Waals surface area (Å²) in [5.41, 5.74) is -0.254. The van der Waals surface area contributed by atoms with Gasteiger partial charge < -0.3 is 15.5 Å². The number of rotatable bonds is 5. The number of hydrogen-bond acceptors (Lipinski definition) is 3. The summed E-state index contributed by atoms with van der Waals surface area (Å²) in [6.07, 6.45) is 2.83. The van der Waals surface area contributed by atoms with Crippen molar-refractivity contribution in [1.29, 1.82) is 0 Å². The van der Waals surface area contributed by atoms with E-state index in [9.17, 15) is 9.59 Å². The van der Waals surface area contributed by atoms with Gasteiger partial charge >= 0.3 is 0 Å². The Morgan fingerprint density at radius 1 is 1.42 bits per heavy atom. The van der Waals surface area contributed by atoms with Gasteiger partial charge in [-0.3, -0.25) is 9.59 Å². The molecule has 5 nitrogen and oxygen atoms in total. The third-order valence-electron chi connectivity index (χ3n) is 3.02. The van der Waals surface area contributed by atoms with Gasteiger partial charge in [-0.05, 0) is 46.6 Å². The molecule has 1 atom stereocenters. The van der Waals surface area contributed by atoms with E-state index in [0.717, 1.165) is 25.8 Å². The Balaban J connectivity index is 2.49. The third kappa shape index (κ3) is 5.59. The molecule has 0 saturated carbocycles. The van der Waals surface area contributed by atoms with Gasteiger partial charge in [0, 0.05) is 12.1 Å². The monoisotopic (exact) mass is 269 g/mol. The lowest BCUT2D eigenvalue weighted by molar-refractivity contribution is -0.140. The third-order valence-corrected chi connectivity index (χ3v) is 3.02. The number of likely N-dealkylation sites (tertiary alicyclic amines) is 1. The first kappa shape index (κ1) is 16.0. The van der Waals surface area contributed by atoms with Crippen LogP contribution in [-0.2, 0) is 9.59 Å². The quantitative estimate of drug-likeness (QED) is 0.779. The molecule has 1 unspecified atom stereocenters. The Morgan fingerprint density at radius 3 is 2.68 bits per heavy atom. The minimum atomic E-state index is -0.254. The van der Waals surface area contributed by atoms with Crippen molar-refractivity contribution in [3.8, 4) is 0 Å². The summed E-state index contributed by atoms with van der Waals surface area (Å²) in [7, 11) is 0. The molecule has 1 aliphatic heterocycles. The van der Waals surface area contributed by atoms with Gasteiger partial charge in [-0.15, -0.1) is 0 Å². The first-order chi connectivity index (χ1) is 8.83. The Morgan fingerprint density at radius 2 is 2.11 bits per heavy atom. The standard InChI is InChI=1S/C14H27N3O2/c1-5-8-15-11-7-6-9-17(13(11)19)10-12(18)16-14(2,3)4/h11,15H,5-10H2,1-4H3,(H,16,18). The summed E-state index contributed by atoms with van der Waals surface area (Å²) in [4.78, 5) is 25.7. The molecular weight excluding hydrogens is 242 g/mol. The normalized spacial score (nSPS) is 20.5. The van der Waals surface area contributed by atoms with Crippen LogP contribution in [0.2, 0.25) is 0 Å². The Hall–Kier alpha value is -1.10. The second-order valence-electron chi connectivity index (χ2n) is 6.21. The Bertz CT molecular complexity index is 323. The lowest BCUT2D eigenvalue weighted by Crippen LogP contribution is -2.54. The number of amides is 2. The van der Waals surface area contributed by atoms with Gasteiger partial charge in [0.25, 0.3) is 0 Å². The molecule has 0 aromatic rings. The Labute approximate surface area is 116 Å². The van der Waals surface area contributed by atoms with Crippen LogP contribution in [0, 0.1) is 0 Å². The smallest absolute Gasteiger partial charge is 0.240 e. The van der Waals surface area contributed by atoms with E-state index in [2.05, 4.69) is 17.6 Å². The first-order valence-corrected chi connectivity index (χ1v) is 7.16. The average Bonchev–Trinajstić information content (AvgIpc) is 2.28. The molecule has 0 aromatic carbocycles. The number of carbonyl (C=O) groups excluding carboxylic acids is 2. The van der Waals surface area contributed by atoms with Crippen molar-refractivity contribution in [3.63, 3.8) is 0 Å². The van der Waals surface area contributed by atoms with Crippen molar-refractivity contribution >= 4 is 11.8 Å². The molecule has 0 aliphatic carbocycles. The topological polar surface area (TPSA) is 61.4 Å². The summed E-state index contributed by atoms with van der Waals surface area (Å²) in [5.74, 6) is -0.0271. The van der Waals surface area contributed by atoms with Crippen LogP contribution in [0.5, 0.6) is 0 Å². The average molecular weight is 269 g/mol. The van der Waals surface area contributed by atoms with E-state index in [0.29, 0.717) is 6.54 Å². The number of nitrogens with zero attached hydrogens (tertiary/aromatic N) is 1. The zero-order valence-corrected chi connectivity index (χ0v) is 12.6. The molecule has 0 radical (unpaired) electrons. The van der Waals surface area contributed by atoms with Gasteiger partial charge in [0.1, 0.15) is 0 Å². The molecule has 1 fully saturated rings. The fourth-order valence-electron chi connectivity index (χ4n) is 2.24. The summed E-state index contributed by atoms with van der Waals surface area (Å²) < 4.78 is 0. The predicted molar refractivity (Wildman–Crippen MR) is 75.8 cm³/mol. The minimum absolute atomic E-state index is 0.0590. The molecule has 19 heavy (non-hydrogen) atoms. The van der Waals surface area contributed by atoms with E-state index in [-0.39, 0.29) is 29.9 Å². The molecule has 1 aliphatic rings. The van der Waals surface area contributed by atoms with Gasteiger partial charge in [-0.2, -0.15) is 0 Å². The van der Waals surface area contributed by atoms with Gasteiger partial charge in [0.15, 0.2) is 0 Å². The van der Waals surface area contributed by atoms with Crippen molar-refractivity contribution in [2.24, 2.45) is 0 Å². The van der Waals surface area contributed by atoms with E-state index < -0.39 is 0 Å². The van der Waals surface area contributed by atoms with Crippen LogP contribution in [0.4, 0.5) is 0 Å². The Kier molecular flexibility index (Phi) is 5.79. The predicted octanol–water partition coefficient (Wildman–Crippen LogP) is 0.892. The maximum atomic E-state index is 12.2. The SMILES string of the molecule is CCCNC1CCCN(CC(=O)NC(C)(C)C)C1=O. The molecule has 110 valence electrons. The van der Waals surface area contributed by atoms with E-state index >= 15 is 0 Å². The fourth-order valence-corrected chi connectivity index (χ4v) is 2.24. The van der Waals surface area contributed by atoms with Crippen LogP contribution < -0.4 is 10.6 Å². The minimum Gasteiger partial charge on any atom is -0.350 e. The highest BCUT2D eigenvalue weighted by Crippen LogP contribution is 2.11. The highest BCUT2D eigenvalue weighted by Gasteiger charge is 2.29. The molecule has 5 heteroatoms. The lowest BCUT2D eigenvalue weighted by atomic mass is 10.0. The van der Waals surface area contributed by atoms with Crippen LogP contribution in [0.15, 0.2) is 0 Å². The summed E-state index contributed by atoms with van der Waals surface area (Å²) in [6.45, 7) is 9.59. The van der Waals surface area contributed by atoms with Crippen molar-refractivity contribution in [2.75, 3.05) is 19.6 Å². The summed E-state index contributed by atoms with van der Waals surface area (Å²) in [5, 5.41) is 6.14. The molecule has 1 heterocycles. The second-order valence-corrected chi connectivity index (χ2v) is 6.21. The van der Waals surface area contributed by atoms with Crippen molar-refractivity contribution in [1.82, 2.24) is 15.5 Å².